The van der Waals surface area contributed by atoms with E-state index in [4.69, 9.17) is 4.74 Å². The van der Waals surface area contributed by atoms with Crippen LogP contribution >= 0.6 is 0 Å². The Hall–Kier alpha value is -3.20. The first-order valence-corrected chi connectivity index (χ1v) is 6.01. The quantitative estimate of drug-likeness (QED) is 0.489. The third-order valence-electron chi connectivity index (χ3n) is 2.77. The van der Waals surface area contributed by atoms with Gasteiger partial charge in [0.15, 0.2) is 0 Å². The highest BCUT2D eigenvalue weighted by atomic mass is 16.6. The molecule has 0 fully saturated rings. The van der Waals surface area contributed by atoms with Gasteiger partial charge >= 0.3 is 0 Å². The number of nitrogens with zero attached hydrogens (tertiary/aromatic N) is 3. The van der Waals surface area contributed by atoms with Crippen molar-refractivity contribution < 1.29 is 9.66 Å². The third kappa shape index (κ3) is 3.42. The van der Waals surface area contributed by atoms with Crippen LogP contribution < -0.4 is 4.74 Å². The minimum atomic E-state index is -0.490. The number of aliphatic imine (C=N–C) groups is 1. The normalized spacial score (nSPS) is 10.8. The van der Waals surface area contributed by atoms with Crippen LogP contribution in [0.25, 0.3) is 0 Å². The molecule has 0 atom stereocenters. The first-order valence-electron chi connectivity index (χ1n) is 6.01. The summed E-state index contributed by atoms with van der Waals surface area (Å²) in [7, 11) is 1.57. The summed E-state index contributed by atoms with van der Waals surface area (Å²) < 4.78 is 5.04. The number of nitro benzene ring substituents is 1. The topological polar surface area (TPSA) is 88.5 Å². The van der Waals surface area contributed by atoms with Gasteiger partial charge in [0.2, 0.25) is 0 Å². The van der Waals surface area contributed by atoms with E-state index in [-0.39, 0.29) is 11.4 Å². The molecule has 0 saturated carbocycles. The van der Waals surface area contributed by atoms with Gasteiger partial charge in [-0.25, -0.2) is 4.99 Å². The standard InChI is InChI=1S/C15H11N3O3/c1-21-14-8-4-12(5-9-14)17-15(10-16)11-2-6-13(7-3-11)18(19)20/h2-9H,1H3. The van der Waals surface area contributed by atoms with Crippen molar-refractivity contribution in [3.8, 4) is 11.8 Å². The fourth-order valence-electron chi connectivity index (χ4n) is 1.68. The number of hydrogen-bond acceptors (Lipinski definition) is 5. The molecule has 0 amide bonds. The van der Waals surface area contributed by atoms with Crippen LogP contribution in [-0.2, 0) is 0 Å². The average Bonchev–Trinajstić information content (AvgIpc) is 2.53. The van der Waals surface area contributed by atoms with Crippen molar-refractivity contribution in [1.29, 1.82) is 5.26 Å². The Morgan fingerprint density at radius 3 is 2.29 bits per heavy atom. The second kappa shape index (κ2) is 6.30. The van der Waals surface area contributed by atoms with Crippen LogP contribution in [0, 0.1) is 21.4 Å². The number of nitriles is 1. The predicted molar refractivity (Wildman–Crippen MR) is 77.9 cm³/mol. The van der Waals surface area contributed by atoms with Crippen molar-refractivity contribution >= 4 is 17.1 Å². The van der Waals surface area contributed by atoms with Gasteiger partial charge in [0.05, 0.1) is 17.7 Å². The lowest BCUT2D eigenvalue weighted by molar-refractivity contribution is -0.384. The van der Waals surface area contributed by atoms with E-state index >= 15 is 0 Å². The molecular weight excluding hydrogens is 270 g/mol. The van der Waals surface area contributed by atoms with Crippen LogP contribution in [0.2, 0.25) is 0 Å². The van der Waals surface area contributed by atoms with Gasteiger partial charge in [-0.15, -0.1) is 0 Å². The molecule has 2 aromatic carbocycles. The van der Waals surface area contributed by atoms with Crippen molar-refractivity contribution in [2.45, 2.75) is 0 Å². The molecule has 6 heteroatoms. The van der Waals surface area contributed by atoms with Gasteiger partial charge in [-0.2, -0.15) is 5.26 Å². The van der Waals surface area contributed by atoms with E-state index in [2.05, 4.69) is 4.99 Å². The third-order valence-corrected chi connectivity index (χ3v) is 2.77. The van der Waals surface area contributed by atoms with Crippen LogP contribution in [0.4, 0.5) is 11.4 Å². The van der Waals surface area contributed by atoms with Crippen molar-refractivity contribution in [3.05, 3.63) is 64.2 Å². The predicted octanol–water partition coefficient (Wildman–Crippen LogP) is 3.25. The molecule has 104 valence electrons. The Kier molecular flexibility index (Phi) is 4.26. The smallest absolute Gasteiger partial charge is 0.269 e. The van der Waals surface area contributed by atoms with Crippen LogP contribution in [0.5, 0.6) is 5.75 Å². The molecule has 2 aromatic rings. The first kappa shape index (κ1) is 14.2. The maximum absolute atomic E-state index is 10.6. The van der Waals surface area contributed by atoms with E-state index in [9.17, 15) is 15.4 Å². The van der Waals surface area contributed by atoms with E-state index in [1.807, 2.05) is 6.07 Å². The van der Waals surface area contributed by atoms with Crippen molar-refractivity contribution in [2.24, 2.45) is 4.99 Å². The Morgan fingerprint density at radius 1 is 1.19 bits per heavy atom. The van der Waals surface area contributed by atoms with Gasteiger partial charge in [0.25, 0.3) is 5.69 Å². The fraction of sp³-hybridized carbons (Fsp3) is 0.0667. The zero-order chi connectivity index (χ0) is 15.2. The number of methoxy groups -OCH3 is 1. The molecule has 21 heavy (non-hydrogen) atoms. The minimum absolute atomic E-state index is 0.0273. The Morgan fingerprint density at radius 2 is 1.81 bits per heavy atom. The molecule has 0 aliphatic carbocycles. The highest BCUT2D eigenvalue weighted by molar-refractivity contribution is 6.12. The van der Waals surface area contributed by atoms with Gasteiger partial charge in [-0.05, 0) is 36.4 Å². The Balaban J connectivity index is 2.31. The summed E-state index contributed by atoms with van der Waals surface area (Å²) in [6.45, 7) is 0. The SMILES string of the molecule is COc1ccc(N=C(C#N)c2ccc([N+](=O)[O-])cc2)cc1. The molecule has 0 aliphatic heterocycles. The van der Waals surface area contributed by atoms with Gasteiger partial charge in [-0.1, -0.05) is 0 Å². The molecule has 0 saturated heterocycles. The molecule has 0 unspecified atom stereocenters. The zero-order valence-electron chi connectivity index (χ0n) is 11.2. The van der Waals surface area contributed by atoms with Crippen LogP contribution in [0.15, 0.2) is 53.5 Å². The molecule has 0 N–H and O–H groups in total. The van der Waals surface area contributed by atoms with Gasteiger partial charge in [-0.3, -0.25) is 10.1 Å². The van der Waals surface area contributed by atoms with Crippen LogP contribution in [0.3, 0.4) is 0 Å². The minimum Gasteiger partial charge on any atom is -0.497 e. The van der Waals surface area contributed by atoms with Gasteiger partial charge < -0.3 is 4.74 Å². The molecule has 6 nitrogen and oxygen atoms in total. The summed E-state index contributed by atoms with van der Waals surface area (Å²) in [5.41, 5.74) is 1.29. The summed E-state index contributed by atoms with van der Waals surface area (Å²) in [5, 5.41) is 19.8. The molecule has 0 heterocycles. The number of rotatable bonds is 4. The highest BCUT2D eigenvalue weighted by Crippen LogP contribution is 2.19. The molecular formula is C15H11N3O3. The van der Waals surface area contributed by atoms with Crippen LogP contribution in [-0.4, -0.2) is 17.7 Å². The van der Waals surface area contributed by atoms with Crippen molar-refractivity contribution in [1.82, 2.24) is 0 Å². The number of non-ortho nitro benzene ring substituents is 1. The monoisotopic (exact) mass is 281 g/mol. The number of hydrogen-bond donors (Lipinski definition) is 0. The van der Waals surface area contributed by atoms with E-state index in [0.29, 0.717) is 17.0 Å². The number of benzene rings is 2. The van der Waals surface area contributed by atoms with Gasteiger partial charge in [0.1, 0.15) is 17.5 Å². The summed E-state index contributed by atoms with van der Waals surface area (Å²) in [6, 6.07) is 14.6. The second-order valence-corrected chi connectivity index (χ2v) is 4.07. The molecule has 2 rings (SSSR count). The number of nitro groups is 1. The second-order valence-electron chi connectivity index (χ2n) is 4.07. The van der Waals surface area contributed by atoms with E-state index in [0.717, 1.165) is 0 Å². The van der Waals surface area contributed by atoms with E-state index in [1.54, 1.807) is 31.4 Å². The van der Waals surface area contributed by atoms with Gasteiger partial charge in [0, 0.05) is 17.7 Å². The lowest BCUT2D eigenvalue weighted by atomic mass is 10.1. The van der Waals surface area contributed by atoms with Crippen LogP contribution in [0.1, 0.15) is 5.56 Å². The molecule has 0 aliphatic rings. The number of ether oxygens (including phenoxy) is 1. The maximum Gasteiger partial charge on any atom is 0.269 e. The molecule has 0 radical (unpaired) electrons. The molecule has 0 aromatic heterocycles. The summed E-state index contributed by atoms with van der Waals surface area (Å²) in [6.07, 6.45) is 0. The fourth-order valence-corrected chi connectivity index (χ4v) is 1.68. The lowest BCUT2D eigenvalue weighted by Gasteiger charge is -2.01. The Labute approximate surface area is 121 Å². The summed E-state index contributed by atoms with van der Waals surface area (Å²) >= 11 is 0. The highest BCUT2D eigenvalue weighted by Gasteiger charge is 2.08. The van der Waals surface area contributed by atoms with E-state index in [1.165, 1.54) is 24.3 Å². The molecule has 0 spiro atoms. The first-order chi connectivity index (χ1) is 10.1. The maximum atomic E-state index is 10.6. The lowest BCUT2D eigenvalue weighted by Crippen LogP contribution is -1.97. The van der Waals surface area contributed by atoms with E-state index < -0.39 is 4.92 Å². The van der Waals surface area contributed by atoms with Crippen molar-refractivity contribution in [2.75, 3.05) is 7.11 Å². The van der Waals surface area contributed by atoms with Crippen molar-refractivity contribution in [3.63, 3.8) is 0 Å². The Bertz CT molecular complexity index is 713. The molecule has 0 bridgehead atoms. The summed E-state index contributed by atoms with van der Waals surface area (Å²) in [4.78, 5) is 14.3. The average molecular weight is 281 g/mol. The zero-order valence-corrected chi connectivity index (χ0v) is 11.2. The largest absolute Gasteiger partial charge is 0.497 e. The summed E-state index contributed by atoms with van der Waals surface area (Å²) in [5.74, 6) is 0.697.